The molecule has 0 aliphatic rings. The summed E-state index contributed by atoms with van der Waals surface area (Å²) in [5, 5.41) is 3.50. The van der Waals surface area contributed by atoms with Gasteiger partial charge in [-0.2, -0.15) is 8.42 Å². The van der Waals surface area contributed by atoms with Gasteiger partial charge in [0.25, 0.3) is 10.1 Å². The summed E-state index contributed by atoms with van der Waals surface area (Å²) >= 11 is 10.2. The van der Waals surface area contributed by atoms with Crippen molar-refractivity contribution in [2.75, 3.05) is 0 Å². The molecule has 0 heterocycles. The van der Waals surface area contributed by atoms with Crippen molar-refractivity contribution in [3.05, 3.63) is 64.7 Å². The number of thiocarbonyl (C=S) groups is 1. The molecule has 0 atom stereocenters. The number of aryl methyl sites for hydroxylation is 1. The molecule has 0 aromatic heterocycles. The fourth-order valence-corrected chi connectivity index (χ4v) is 2.70. The number of hydrogen-bond donors (Lipinski definition) is 3. The van der Waals surface area contributed by atoms with Crippen LogP contribution in [0.25, 0.3) is 0 Å². The SMILES string of the molecule is Cc1ccc(Cl)cc1S(=O)(=O)O.NC(=S)NCc1ccccc1. The summed E-state index contributed by atoms with van der Waals surface area (Å²) in [5.41, 5.74) is 6.92. The van der Waals surface area contributed by atoms with Gasteiger partial charge < -0.3 is 11.1 Å². The van der Waals surface area contributed by atoms with E-state index in [1.54, 1.807) is 13.0 Å². The zero-order valence-electron chi connectivity index (χ0n) is 12.4. The maximum Gasteiger partial charge on any atom is 0.294 e. The fourth-order valence-electron chi connectivity index (χ4n) is 1.64. The van der Waals surface area contributed by atoms with E-state index in [0.29, 0.717) is 17.2 Å². The summed E-state index contributed by atoms with van der Waals surface area (Å²) in [6.07, 6.45) is 0. The first-order chi connectivity index (χ1) is 10.7. The van der Waals surface area contributed by atoms with E-state index in [-0.39, 0.29) is 9.92 Å². The molecule has 4 N–H and O–H groups in total. The Morgan fingerprint density at radius 1 is 1.26 bits per heavy atom. The molecule has 5 nitrogen and oxygen atoms in total. The molecule has 0 amide bonds. The quantitative estimate of drug-likeness (QED) is 0.566. The monoisotopic (exact) mass is 372 g/mol. The Balaban J connectivity index is 0.000000231. The van der Waals surface area contributed by atoms with Gasteiger partial charge in [0, 0.05) is 11.6 Å². The molecule has 0 unspecified atom stereocenters. The first-order valence-corrected chi connectivity index (χ1v) is 8.73. The highest BCUT2D eigenvalue weighted by Crippen LogP contribution is 2.19. The predicted octanol–water partition coefficient (Wildman–Crippen LogP) is 2.91. The molecule has 8 heteroatoms. The highest BCUT2D eigenvalue weighted by molar-refractivity contribution is 7.85. The summed E-state index contributed by atoms with van der Waals surface area (Å²) < 4.78 is 30.1. The minimum absolute atomic E-state index is 0.144. The second-order valence-corrected chi connectivity index (χ2v) is 6.85. The average Bonchev–Trinajstić information content (AvgIpc) is 2.48. The Morgan fingerprint density at radius 3 is 2.35 bits per heavy atom. The van der Waals surface area contributed by atoms with Crippen LogP contribution in [-0.2, 0) is 16.7 Å². The summed E-state index contributed by atoms with van der Waals surface area (Å²) in [6, 6.07) is 14.3. The first-order valence-electron chi connectivity index (χ1n) is 6.51. The molecule has 0 aliphatic carbocycles. The molecule has 2 aromatic rings. The number of benzene rings is 2. The highest BCUT2D eigenvalue weighted by atomic mass is 35.5. The molecule has 0 saturated heterocycles. The van der Waals surface area contributed by atoms with Gasteiger partial charge in [-0.15, -0.1) is 0 Å². The third-order valence-electron chi connectivity index (χ3n) is 2.74. The molecule has 23 heavy (non-hydrogen) atoms. The zero-order valence-corrected chi connectivity index (χ0v) is 14.8. The van der Waals surface area contributed by atoms with Gasteiger partial charge in [0.2, 0.25) is 0 Å². The van der Waals surface area contributed by atoms with Crippen LogP contribution in [0.5, 0.6) is 0 Å². The van der Waals surface area contributed by atoms with Crippen molar-refractivity contribution in [3.63, 3.8) is 0 Å². The van der Waals surface area contributed by atoms with E-state index in [4.69, 9.17) is 21.9 Å². The van der Waals surface area contributed by atoms with Gasteiger partial charge in [-0.05, 0) is 42.4 Å². The number of hydrogen-bond acceptors (Lipinski definition) is 3. The molecule has 0 saturated carbocycles. The minimum Gasteiger partial charge on any atom is -0.376 e. The van der Waals surface area contributed by atoms with E-state index in [0.717, 1.165) is 0 Å². The van der Waals surface area contributed by atoms with Crippen LogP contribution in [0, 0.1) is 6.92 Å². The van der Waals surface area contributed by atoms with Crippen molar-refractivity contribution < 1.29 is 13.0 Å². The van der Waals surface area contributed by atoms with Crippen molar-refractivity contribution in [2.45, 2.75) is 18.4 Å². The van der Waals surface area contributed by atoms with Crippen LogP contribution in [0.15, 0.2) is 53.4 Å². The second kappa shape index (κ2) is 8.83. The van der Waals surface area contributed by atoms with Gasteiger partial charge in [-0.25, -0.2) is 0 Å². The van der Waals surface area contributed by atoms with Crippen molar-refractivity contribution in [3.8, 4) is 0 Å². The van der Waals surface area contributed by atoms with Gasteiger partial charge in [-0.1, -0.05) is 48.0 Å². The van der Waals surface area contributed by atoms with Gasteiger partial charge in [0.15, 0.2) is 5.11 Å². The third-order valence-corrected chi connectivity index (χ3v) is 4.11. The third kappa shape index (κ3) is 7.43. The van der Waals surface area contributed by atoms with Gasteiger partial charge in [0.05, 0.1) is 4.90 Å². The second-order valence-electron chi connectivity index (χ2n) is 4.59. The van der Waals surface area contributed by atoms with Crippen LogP contribution in [0.2, 0.25) is 5.02 Å². The van der Waals surface area contributed by atoms with Crippen LogP contribution in [-0.4, -0.2) is 18.1 Å². The molecule has 0 fully saturated rings. The Hall–Kier alpha value is -1.67. The normalized spacial score (nSPS) is 10.4. The molecule has 124 valence electrons. The summed E-state index contributed by atoms with van der Waals surface area (Å²) in [5.74, 6) is 0. The lowest BCUT2D eigenvalue weighted by Crippen LogP contribution is -2.28. The van der Waals surface area contributed by atoms with E-state index in [1.807, 2.05) is 30.3 Å². The van der Waals surface area contributed by atoms with Crippen LogP contribution in [0.3, 0.4) is 0 Å². The maximum absolute atomic E-state index is 10.7. The lowest BCUT2D eigenvalue weighted by atomic mass is 10.2. The van der Waals surface area contributed by atoms with E-state index >= 15 is 0 Å². The molecule has 0 aliphatic heterocycles. The maximum atomic E-state index is 10.7. The largest absolute Gasteiger partial charge is 0.376 e. The van der Waals surface area contributed by atoms with Crippen molar-refractivity contribution >= 4 is 39.0 Å². The van der Waals surface area contributed by atoms with Crippen molar-refractivity contribution in [1.29, 1.82) is 0 Å². The molecular formula is C15H17ClN2O3S2. The van der Waals surface area contributed by atoms with Crippen LogP contribution >= 0.6 is 23.8 Å². The lowest BCUT2D eigenvalue weighted by Gasteiger charge is -2.02. The van der Waals surface area contributed by atoms with Crippen LogP contribution < -0.4 is 11.1 Å². The number of nitrogens with one attached hydrogen (secondary N) is 1. The van der Waals surface area contributed by atoms with Gasteiger partial charge in [-0.3, -0.25) is 4.55 Å². The zero-order chi connectivity index (χ0) is 17.5. The Bertz CT molecular complexity index is 766. The van der Waals surface area contributed by atoms with Crippen LogP contribution in [0.1, 0.15) is 11.1 Å². The number of nitrogens with two attached hydrogens (primary N) is 1. The van der Waals surface area contributed by atoms with Crippen LogP contribution in [0.4, 0.5) is 0 Å². The molecule has 0 spiro atoms. The van der Waals surface area contributed by atoms with Crippen molar-refractivity contribution in [1.82, 2.24) is 5.32 Å². The summed E-state index contributed by atoms with van der Waals surface area (Å²) in [6.45, 7) is 2.29. The number of rotatable bonds is 3. The Kier molecular flexibility index (Phi) is 7.44. The Labute approximate surface area is 146 Å². The van der Waals surface area contributed by atoms with Gasteiger partial charge in [0.1, 0.15) is 0 Å². The minimum atomic E-state index is -4.14. The molecule has 2 rings (SSSR count). The highest BCUT2D eigenvalue weighted by Gasteiger charge is 2.12. The summed E-state index contributed by atoms with van der Waals surface area (Å²) in [4.78, 5) is -0.144. The van der Waals surface area contributed by atoms with Crippen molar-refractivity contribution in [2.24, 2.45) is 5.73 Å². The molecule has 0 bridgehead atoms. The molecular weight excluding hydrogens is 356 g/mol. The standard InChI is InChI=1S/C8H10N2S.C7H7ClO3S/c9-8(11)10-6-7-4-2-1-3-5-7;1-5-2-3-6(8)4-7(5)12(9,10)11/h1-5H,6H2,(H3,9,10,11);2-4H,1H3,(H,9,10,11). The molecule has 0 radical (unpaired) electrons. The molecule has 2 aromatic carbocycles. The fraction of sp³-hybridized carbons (Fsp3) is 0.133. The predicted molar refractivity (Wildman–Crippen MR) is 96.1 cm³/mol. The van der Waals surface area contributed by atoms with E-state index in [2.05, 4.69) is 17.5 Å². The van der Waals surface area contributed by atoms with E-state index in [9.17, 15) is 8.42 Å². The first kappa shape index (κ1) is 19.4. The lowest BCUT2D eigenvalue weighted by molar-refractivity contribution is 0.482. The Morgan fingerprint density at radius 2 is 1.87 bits per heavy atom. The van der Waals surface area contributed by atoms with Gasteiger partial charge >= 0.3 is 0 Å². The smallest absolute Gasteiger partial charge is 0.294 e. The van der Waals surface area contributed by atoms with E-state index in [1.165, 1.54) is 17.7 Å². The summed E-state index contributed by atoms with van der Waals surface area (Å²) in [7, 11) is -4.14. The topological polar surface area (TPSA) is 92.4 Å². The average molecular weight is 373 g/mol. The van der Waals surface area contributed by atoms with E-state index < -0.39 is 10.1 Å². The number of halogens is 1.